The van der Waals surface area contributed by atoms with Crippen LogP contribution in [0.3, 0.4) is 0 Å². The van der Waals surface area contributed by atoms with Gasteiger partial charge in [-0.1, -0.05) is 27.7 Å². The maximum atomic E-state index is 11.7. The molecule has 1 N–H and O–H groups in total. The first-order valence-corrected chi connectivity index (χ1v) is 7.81. The molecule has 0 heterocycles. The van der Waals surface area contributed by atoms with Crippen molar-refractivity contribution in [1.82, 2.24) is 0 Å². The fraction of sp³-hybridized carbons (Fsp3) is 1.00. The van der Waals surface area contributed by atoms with Crippen LogP contribution in [0.2, 0.25) is 0 Å². The Morgan fingerprint density at radius 1 is 0.889 bits per heavy atom. The first-order chi connectivity index (χ1) is 7.62. The average molecular weight is 332 g/mol. The fourth-order valence-electron chi connectivity index (χ4n) is 1.89. The van der Waals surface area contributed by atoms with Crippen molar-refractivity contribution in [3.63, 3.8) is 0 Å². The maximum Gasteiger partial charge on any atom is 0.472 e. The van der Waals surface area contributed by atoms with Crippen LogP contribution in [-0.2, 0) is 33.1 Å². The van der Waals surface area contributed by atoms with Gasteiger partial charge in [0.25, 0.3) is 0 Å². The fourth-order valence-corrected chi connectivity index (χ4v) is 3.02. The molecular formula is C12H27O4PZn. The van der Waals surface area contributed by atoms with Gasteiger partial charge in [-0.25, -0.2) is 4.57 Å². The van der Waals surface area contributed by atoms with E-state index in [1.54, 1.807) is 13.8 Å². The third-order valence-corrected chi connectivity index (χ3v) is 3.49. The molecule has 0 aliphatic carbocycles. The van der Waals surface area contributed by atoms with Crippen molar-refractivity contribution in [1.29, 1.82) is 0 Å². The summed E-state index contributed by atoms with van der Waals surface area (Å²) in [6, 6.07) is 0. The van der Waals surface area contributed by atoms with Crippen LogP contribution in [-0.4, -0.2) is 17.1 Å². The minimum Gasteiger partial charge on any atom is -0.302 e. The number of phosphoric ester groups is 1. The summed E-state index contributed by atoms with van der Waals surface area (Å²) in [6.45, 7) is 11.8. The second-order valence-electron chi connectivity index (χ2n) is 5.56. The van der Waals surface area contributed by atoms with Crippen molar-refractivity contribution in [2.24, 2.45) is 11.8 Å². The Morgan fingerprint density at radius 3 is 1.39 bits per heavy atom. The molecule has 0 aromatic heterocycles. The summed E-state index contributed by atoms with van der Waals surface area (Å²) in [7, 11) is -3.92. The summed E-state index contributed by atoms with van der Waals surface area (Å²) >= 11 is 0. The first kappa shape index (κ1) is 21.0. The van der Waals surface area contributed by atoms with Crippen LogP contribution >= 0.6 is 7.82 Å². The molecule has 2 atom stereocenters. The van der Waals surface area contributed by atoms with Gasteiger partial charge in [-0.2, -0.15) is 0 Å². The van der Waals surface area contributed by atoms with Crippen molar-refractivity contribution in [2.45, 2.75) is 66.6 Å². The predicted molar refractivity (Wildman–Crippen MR) is 69.8 cm³/mol. The SMILES string of the molecule is CC(C)CC(C)OP(=O)(O)OC(C)CC(C)C.[Zn]. The molecule has 0 aromatic rings. The molecule has 0 rings (SSSR count). The molecule has 6 heteroatoms. The molecule has 0 amide bonds. The van der Waals surface area contributed by atoms with Crippen LogP contribution in [0.5, 0.6) is 0 Å². The molecule has 18 heavy (non-hydrogen) atoms. The van der Waals surface area contributed by atoms with Gasteiger partial charge in [0.1, 0.15) is 0 Å². The molecule has 2 unspecified atom stereocenters. The summed E-state index contributed by atoms with van der Waals surface area (Å²) in [5.74, 6) is 0.858. The second-order valence-corrected chi connectivity index (χ2v) is 6.92. The first-order valence-electron chi connectivity index (χ1n) is 6.32. The molecule has 106 valence electrons. The Kier molecular flexibility index (Phi) is 11.2. The Morgan fingerprint density at radius 2 is 1.17 bits per heavy atom. The molecule has 0 saturated heterocycles. The quantitative estimate of drug-likeness (QED) is 0.540. The Bertz CT molecular complexity index is 236. The van der Waals surface area contributed by atoms with Gasteiger partial charge in [0.2, 0.25) is 0 Å². The minimum atomic E-state index is -3.92. The average Bonchev–Trinajstić information content (AvgIpc) is 1.95. The van der Waals surface area contributed by atoms with E-state index in [4.69, 9.17) is 9.05 Å². The smallest absolute Gasteiger partial charge is 0.302 e. The molecule has 0 aliphatic heterocycles. The van der Waals surface area contributed by atoms with Crippen molar-refractivity contribution in [3.8, 4) is 0 Å². The van der Waals surface area contributed by atoms with Gasteiger partial charge in [-0.3, -0.25) is 9.05 Å². The number of hydrogen-bond donors (Lipinski definition) is 1. The molecular weight excluding hydrogens is 304 g/mol. The van der Waals surface area contributed by atoms with Crippen LogP contribution in [0.15, 0.2) is 0 Å². The zero-order valence-corrected chi connectivity index (χ0v) is 16.4. The van der Waals surface area contributed by atoms with Gasteiger partial charge in [-0.15, -0.1) is 0 Å². The van der Waals surface area contributed by atoms with Gasteiger partial charge in [-0.05, 0) is 38.5 Å². The van der Waals surface area contributed by atoms with Crippen LogP contribution in [0.1, 0.15) is 54.4 Å². The molecule has 0 radical (unpaired) electrons. The molecule has 0 aromatic carbocycles. The van der Waals surface area contributed by atoms with E-state index in [9.17, 15) is 9.46 Å². The predicted octanol–water partition coefficient (Wildman–Crippen LogP) is 3.99. The third-order valence-electron chi connectivity index (χ3n) is 2.23. The molecule has 0 aliphatic rings. The van der Waals surface area contributed by atoms with Crippen LogP contribution in [0.25, 0.3) is 0 Å². The number of hydrogen-bond acceptors (Lipinski definition) is 3. The maximum absolute atomic E-state index is 11.7. The number of rotatable bonds is 8. The normalized spacial score (nSPS) is 18.3. The summed E-state index contributed by atoms with van der Waals surface area (Å²) in [5.41, 5.74) is 0. The monoisotopic (exact) mass is 330 g/mol. The summed E-state index contributed by atoms with van der Waals surface area (Å²) < 4.78 is 21.9. The Labute approximate surface area is 124 Å². The van der Waals surface area contributed by atoms with Crippen LogP contribution < -0.4 is 0 Å². The van der Waals surface area contributed by atoms with Crippen molar-refractivity contribution in [3.05, 3.63) is 0 Å². The summed E-state index contributed by atoms with van der Waals surface area (Å²) in [6.07, 6.45) is 0.952. The number of phosphoric acid groups is 1. The second kappa shape index (κ2) is 9.61. The van der Waals surface area contributed by atoms with E-state index in [1.165, 1.54) is 0 Å². The minimum absolute atomic E-state index is 0. The van der Waals surface area contributed by atoms with Crippen LogP contribution in [0.4, 0.5) is 0 Å². The molecule has 0 fully saturated rings. The van der Waals surface area contributed by atoms with Gasteiger partial charge in [0.15, 0.2) is 0 Å². The van der Waals surface area contributed by atoms with E-state index in [2.05, 4.69) is 0 Å². The van der Waals surface area contributed by atoms with E-state index >= 15 is 0 Å². The molecule has 0 bridgehead atoms. The van der Waals surface area contributed by atoms with Crippen molar-refractivity contribution >= 4 is 7.82 Å². The van der Waals surface area contributed by atoms with E-state index in [-0.39, 0.29) is 31.7 Å². The molecule has 0 spiro atoms. The van der Waals surface area contributed by atoms with E-state index in [1.807, 2.05) is 27.7 Å². The standard InChI is InChI=1S/C12H27O4P.Zn/c1-9(2)7-11(5)15-17(13,14)16-12(6)8-10(3)4;/h9-12H,7-8H2,1-6H3,(H,13,14);. The van der Waals surface area contributed by atoms with Crippen molar-refractivity contribution < 1.29 is 38.0 Å². The zero-order valence-electron chi connectivity index (χ0n) is 12.5. The Balaban J connectivity index is 0. The zero-order chi connectivity index (χ0) is 13.6. The van der Waals surface area contributed by atoms with E-state index in [0.717, 1.165) is 12.8 Å². The topological polar surface area (TPSA) is 55.8 Å². The third kappa shape index (κ3) is 11.8. The van der Waals surface area contributed by atoms with Gasteiger partial charge >= 0.3 is 7.82 Å². The summed E-state index contributed by atoms with van der Waals surface area (Å²) in [4.78, 5) is 9.59. The molecule has 4 nitrogen and oxygen atoms in total. The van der Waals surface area contributed by atoms with E-state index in [0.29, 0.717) is 11.8 Å². The van der Waals surface area contributed by atoms with Gasteiger partial charge in [0, 0.05) is 19.5 Å². The van der Waals surface area contributed by atoms with E-state index < -0.39 is 7.82 Å². The van der Waals surface area contributed by atoms with Crippen molar-refractivity contribution in [2.75, 3.05) is 0 Å². The van der Waals surface area contributed by atoms with Gasteiger partial charge in [0.05, 0.1) is 12.2 Å². The molecule has 0 saturated carbocycles. The Hall–Kier alpha value is 0.733. The summed E-state index contributed by atoms with van der Waals surface area (Å²) in [5, 5.41) is 0. The largest absolute Gasteiger partial charge is 0.472 e. The van der Waals surface area contributed by atoms with Crippen LogP contribution in [0, 0.1) is 11.8 Å². The van der Waals surface area contributed by atoms with Gasteiger partial charge < -0.3 is 4.89 Å².